The van der Waals surface area contributed by atoms with Gasteiger partial charge in [-0.25, -0.2) is 0 Å². The molecule has 1 saturated heterocycles. The van der Waals surface area contributed by atoms with Crippen LogP contribution >= 0.6 is 12.4 Å². The molecule has 1 aromatic rings. The zero-order valence-corrected chi connectivity index (χ0v) is 15.4. The summed E-state index contributed by atoms with van der Waals surface area (Å²) < 4.78 is 0. The quantitative estimate of drug-likeness (QED) is 0.794. The molecule has 0 bridgehead atoms. The van der Waals surface area contributed by atoms with Gasteiger partial charge in [0.1, 0.15) is 0 Å². The standard InChI is InChI=1S/C19H29N3O.ClH/c1-15(17-5-3-2-4-6-17)21-19(23)14-22-11-9-18(10-12-22)20-13-16-7-8-16;/h2-6,15-16,18,20H,7-14H2,1H3,(H,21,23);1H. The molecule has 1 amide bonds. The zero-order valence-electron chi connectivity index (χ0n) is 14.5. The third-order valence-electron chi connectivity index (χ3n) is 5.02. The van der Waals surface area contributed by atoms with Gasteiger partial charge in [0.2, 0.25) is 5.91 Å². The van der Waals surface area contributed by atoms with Gasteiger partial charge in [-0.15, -0.1) is 12.4 Å². The number of benzene rings is 1. The Morgan fingerprint density at radius 2 is 1.83 bits per heavy atom. The van der Waals surface area contributed by atoms with Crippen molar-refractivity contribution in [2.45, 2.75) is 44.7 Å². The van der Waals surface area contributed by atoms with Crippen LogP contribution < -0.4 is 10.6 Å². The number of likely N-dealkylation sites (tertiary alicyclic amines) is 1. The van der Waals surface area contributed by atoms with Crippen molar-refractivity contribution in [2.24, 2.45) is 5.92 Å². The van der Waals surface area contributed by atoms with Gasteiger partial charge in [0.15, 0.2) is 0 Å². The lowest BCUT2D eigenvalue weighted by Crippen LogP contribution is -2.46. The van der Waals surface area contributed by atoms with E-state index in [1.54, 1.807) is 0 Å². The lowest BCUT2D eigenvalue weighted by atomic mass is 10.0. The van der Waals surface area contributed by atoms with E-state index in [9.17, 15) is 4.79 Å². The van der Waals surface area contributed by atoms with Crippen LogP contribution in [-0.4, -0.2) is 43.0 Å². The molecule has 2 N–H and O–H groups in total. The minimum Gasteiger partial charge on any atom is -0.348 e. The zero-order chi connectivity index (χ0) is 16.1. The molecule has 0 aromatic heterocycles. The van der Waals surface area contributed by atoms with Crippen LogP contribution in [-0.2, 0) is 4.79 Å². The minimum absolute atomic E-state index is 0. The van der Waals surface area contributed by atoms with Crippen molar-refractivity contribution in [3.05, 3.63) is 35.9 Å². The summed E-state index contributed by atoms with van der Waals surface area (Å²) in [5, 5.41) is 6.79. The highest BCUT2D eigenvalue weighted by Crippen LogP contribution is 2.28. The smallest absolute Gasteiger partial charge is 0.234 e. The maximum absolute atomic E-state index is 12.2. The molecule has 134 valence electrons. The molecule has 1 aliphatic heterocycles. The molecule has 1 unspecified atom stereocenters. The maximum atomic E-state index is 12.2. The topological polar surface area (TPSA) is 44.4 Å². The second kappa shape index (κ2) is 9.40. The van der Waals surface area contributed by atoms with E-state index in [1.165, 1.54) is 19.4 Å². The molecule has 1 atom stereocenters. The molecule has 5 heteroatoms. The number of halogens is 1. The number of piperidine rings is 1. The fraction of sp³-hybridized carbons (Fsp3) is 0.632. The van der Waals surface area contributed by atoms with Crippen molar-refractivity contribution in [1.82, 2.24) is 15.5 Å². The molecule has 24 heavy (non-hydrogen) atoms. The maximum Gasteiger partial charge on any atom is 0.234 e. The van der Waals surface area contributed by atoms with Gasteiger partial charge < -0.3 is 10.6 Å². The predicted molar refractivity (Wildman–Crippen MR) is 100 cm³/mol. The Labute approximate surface area is 151 Å². The molecular weight excluding hydrogens is 322 g/mol. The number of amides is 1. The Bertz CT molecular complexity index is 499. The van der Waals surface area contributed by atoms with E-state index in [-0.39, 0.29) is 24.4 Å². The summed E-state index contributed by atoms with van der Waals surface area (Å²) in [6.45, 7) is 5.80. The summed E-state index contributed by atoms with van der Waals surface area (Å²) in [6, 6.07) is 10.9. The Morgan fingerprint density at radius 3 is 2.46 bits per heavy atom. The number of nitrogens with one attached hydrogen (secondary N) is 2. The van der Waals surface area contributed by atoms with E-state index in [1.807, 2.05) is 25.1 Å². The number of carbonyl (C=O) groups excluding carboxylic acids is 1. The van der Waals surface area contributed by atoms with Gasteiger partial charge in [0, 0.05) is 19.1 Å². The van der Waals surface area contributed by atoms with Crippen LogP contribution in [0.4, 0.5) is 0 Å². The van der Waals surface area contributed by atoms with Crippen molar-refractivity contribution in [3.8, 4) is 0 Å². The third-order valence-corrected chi connectivity index (χ3v) is 5.02. The van der Waals surface area contributed by atoms with E-state index in [0.29, 0.717) is 12.6 Å². The van der Waals surface area contributed by atoms with Gasteiger partial charge in [0.05, 0.1) is 12.6 Å². The van der Waals surface area contributed by atoms with E-state index in [0.717, 1.165) is 37.4 Å². The lowest BCUT2D eigenvalue weighted by Gasteiger charge is -2.32. The van der Waals surface area contributed by atoms with Crippen LogP contribution in [0.1, 0.15) is 44.2 Å². The largest absolute Gasteiger partial charge is 0.348 e. The van der Waals surface area contributed by atoms with Crippen molar-refractivity contribution in [1.29, 1.82) is 0 Å². The lowest BCUT2D eigenvalue weighted by molar-refractivity contribution is -0.123. The van der Waals surface area contributed by atoms with Gasteiger partial charge in [-0.05, 0) is 50.6 Å². The first-order valence-electron chi connectivity index (χ1n) is 9.01. The fourth-order valence-corrected chi connectivity index (χ4v) is 3.27. The first kappa shape index (κ1) is 19.2. The Balaban J connectivity index is 0.00000208. The number of nitrogens with zero attached hydrogens (tertiary/aromatic N) is 1. The molecule has 3 rings (SSSR count). The van der Waals surface area contributed by atoms with E-state index in [4.69, 9.17) is 0 Å². The molecule has 2 fully saturated rings. The summed E-state index contributed by atoms with van der Waals surface area (Å²) in [4.78, 5) is 14.5. The molecule has 1 heterocycles. The molecule has 1 aliphatic carbocycles. The Hall–Kier alpha value is -1.10. The molecule has 1 aromatic carbocycles. The van der Waals surface area contributed by atoms with Gasteiger partial charge in [-0.1, -0.05) is 30.3 Å². The van der Waals surface area contributed by atoms with E-state index < -0.39 is 0 Å². The fourth-order valence-electron chi connectivity index (χ4n) is 3.27. The Kier molecular flexibility index (Phi) is 7.53. The Morgan fingerprint density at radius 1 is 1.17 bits per heavy atom. The molecular formula is C19H30ClN3O. The second-order valence-electron chi connectivity index (χ2n) is 7.10. The van der Waals surface area contributed by atoms with Crippen LogP contribution in [0.3, 0.4) is 0 Å². The van der Waals surface area contributed by atoms with Crippen LogP contribution in [0.5, 0.6) is 0 Å². The van der Waals surface area contributed by atoms with Crippen LogP contribution in [0.25, 0.3) is 0 Å². The first-order valence-corrected chi connectivity index (χ1v) is 9.01. The number of hydrogen-bond acceptors (Lipinski definition) is 3. The summed E-state index contributed by atoms with van der Waals surface area (Å²) >= 11 is 0. The number of hydrogen-bond donors (Lipinski definition) is 2. The van der Waals surface area contributed by atoms with Crippen LogP contribution in [0.15, 0.2) is 30.3 Å². The molecule has 0 radical (unpaired) electrons. The number of carbonyl (C=O) groups is 1. The number of rotatable bonds is 7. The van der Waals surface area contributed by atoms with Crippen LogP contribution in [0, 0.1) is 5.92 Å². The normalized spacial score (nSPS) is 20.2. The van der Waals surface area contributed by atoms with Gasteiger partial charge in [-0.2, -0.15) is 0 Å². The molecule has 4 nitrogen and oxygen atoms in total. The predicted octanol–water partition coefficient (Wildman–Crippen LogP) is 2.75. The van der Waals surface area contributed by atoms with E-state index in [2.05, 4.69) is 27.7 Å². The third kappa shape index (κ3) is 6.08. The average Bonchev–Trinajstić information content (AvgIpc) is 3.39. The average molecular weight is 352 g/mol. The van der Waals surface area contributed by atoms with Crippen LogP contribution in [0.2, 0.25) is 0 Å². The second-order valence-corrected chi connectivity index (χ2v) is 7.10. The molecule has 2 aliphatic rings. The highest BCUT2D eigenvalue weighted by Gasteiger charge is 2.25. The van der Waals surface area contributed by atoms with Gasteiger partial charge in [0.25, 0.3) is 0 Å². The first-order chi connectivity index (χ1) is 11.2. The van der Waals surface area contributed by atoms with Crippen molar-refractivity contribution >= 4 is 18.3 Å². The SMILES string of the molecule is CC(NC(=O)CN1CCC(NCC2CC2)CC1)c1ccccc1.Cl. The van der Waals surface area contributed by atoms with Crippen molar-refractivity contribution in [3.63, 3.8) is 0 Å². The summed E-state index contributed by atoms with van der Waals surface area (Å²) in [6.07, 6.45) is 5.14. The highest BCUT2D eigenvalue weighted by atomic mass is 35.5. The molecule has 1 saturated carbocycles. The van der Waals surface area contributed by atoms with Crippen molar-refractivity contribution < 1.29 is 4.79 Å². The summed E-state index contributed by atoms with van der Waals surface area (Å²) in [5.41, 5.74) is 1.16. The van der Waals surface area contributed by atoms with Crippen molar-refractivity contribution in [2.75, 3.05) is 26.2 Å². The monoisotopic (exact) mass is 351 g/mol. The minimum atomic E-state index is 0. The van der Waals surface area contributed by atoms with Gasteiger partial charge >= 0.3 is 0 Å². The highest BCUT2D eigenvalue weighted by molar-refractivity contribution is 5.85. The van der Waals surface area contributed by atoms with E-state index >= 15 is 0 Å². The van der Waals surface area contributed by atoms with Gasteiger partial charge in [-0.3, -0.25) is 9.69 Å². The molecule has 0 spiro atoms. The summed E-state index contributed by atoms with van der Waals surface area (Å²) in [7, 11) is 0. The summed E-state index contributed by atoms with van der Waals surface area (Å²) in [5.74, 6) is 1.07.